The molecule has 1 aromatic carbocycles. The van der Waals surface area contributed by atoms with Crippen LogP contribution in [-0.2, 0) is 10.2 Å². The van der Waals surface area contributed by atoms with Crippen LogP contribution in [-0.4, -0.2) is 27.8 Å². The van der Waals surface area contributed by atoms with Gasteiger partial charge < -0.3 is 9.84 Å². The molecule has 1 aliphatic rings. The monoisotopic (exact) mass is 468 g/mol. The highest BCUT2D eigenvalue weighted by Crippen LogP contribution is 2.38. The number of rotatable bonds is 12. The first-order chi connectivity index (χ1) is 16.4. The largest absolute Gasteiger partial charge is 0.479 e. The Kier molecular flexibility index (Phi) is 9.52. The fourth-order valence-corrected chi connectivity index (χ4v) is 4.11. The molecular formula is C28H34F2N2O2. The zero-order valence-electron chi connectivity index (χ0n) is 20.0. The molecule has 0 bridgehead atoms. The molecule has 0 saturated heterocycles. The molecule has 34 heavy (non-hydrogen) atoms. The molecule has 0 spiro atoms. The number of hydrogen-bond donors (Lipinski definition) is 1. The summed E-state index contributed by atoms with van der Waals surface area (Å²) in [5, 5.41) is 9.52. The van der Waals surface area contributed by atoms with Crippen LogP contribution in [0.25, 0.3) is 5.57 Å². The minimum Gasteiger partial charge on any atom is -0.479 e. The van der Waals surface area contributed by atoms with Gasteiger partial charge in [0.2, 0.25) is 0 Å². The van der Waals surface area contributed by atoms with Crippen molar-refractivity contribution in [3.63, 3.8) is 0 Å². The van der Waals surface area contributed by atoms with E-state index < -0.39 is 17.0 Å². The molecule has 2 atom stereocenters. The van der Waals surface area contributed by atoms with E-state index in [1.165, 1.54) is 18.9 Å². The molecule has 0 fully saturated rings. The predicted molar refractivity (Wildman–Crippen MR) is 131 cm³/mol. The summed E-state index contributed by atoms with van der Waals surface area (Å²) in [6.45, 7) is 5.12. The molecular weight excluding hydrogens is 434 g/mol. The second-order valence-corrected chi connectivity index (χ2v) is 8.83. The van der Waals surface area contributed by atoms with Crippen LogP contribution in [0.15, 0.2) is 61.0 Å². The van der Waals surface area contributed by atoms with Crippen LogP contribution in [0, 0.1) is 11.6 Å². The van der Waals surface area contributed by atoms with Gasteiger partial charge in [-0.3, -0.25) is 0 Å². The standard InChI is InChI=1S/C28H34F2N2O2/c1-3-4-8-18-34-21(2)10-6-5-7-15-28(23-19-31-27(33)32-20-23)16-13-22(14-17-28)24-11-9-12-25(29)26(24)30/h7,9,11-16,19-21H,3-6,8,10,17-18H2,1-2H3,(H,31,32,33)/b15-7+. The smallest absolute Gasteiger partial charge is 0.313 e. The maximum atomic E-state index is 14.3. The van der Waals surface area contributed by atoms with Crippen LogP contribution in [0.5, 0.6) is 6.01 Å². The van der Waals surface area contributed by atoms with Crippen LogP contribution in [0.3, 0.4) is 0 Å². The van der Waals surface area contributed by atoms with Crippen LogP contribution in [0.2, 0.25) is 0 Å². The number of aromatic hydroxyl groups is 1. The van der Waals surface area contributed by atoms with Crippen molar-refractivity contribution in [2.45, 2.75) is 70.3 Å². The van der Waals surface area contributed by atoms with Crippen molar-refractivity contribution < 1.29 is 18.6 Å². The molecule has 2 aromatic rings. The SMILES string of the molecule is CCCCCOC(C)CCC/C=C/C1(c2cnc(O)nc2)C=CC(c2cccc(F)c2F)=CC1. The average molecular weight is 469 g/mol. The lowest BCUT2D eigenvalue weighted by molar-refractivity contribution is 0.0566. The van der Waals surface area contributed by atoms with Crippen LogP contribution < -0.4 is 0 Å². The van der Waals surface area contributed by atoms with Crippen molar-refractivity contribution in [2.24, 2.45) is 0 Å². The molecule has 1 aromatic heterocycles. The molecule has 0 aliphatic heterocycles. The van der Waals surface area contributed by atoms with Gasteiger partial charge in [0.15, 0.2) is 11.6 Å². The summed E-state index contributed by atoms with van der Waals surface area (Å²) in [6, 6.07) is 3.91. The van der Waals surface area contributed by atoms with E-state index in [1.54, 1.807) is 18.5 Å². The topological polar surface area (TPSA) is 55.2 Å². The van der Waals surface area contributed by atoms with Crippen LogP contribution >= 0.6 is 0 Å². The van der Waals surface area contributed by atoms with Gasteiger partial charge in [-0.1, -0.05) is 62.3 Å². The van der Waals surface area contributed by atoms with E-state index in [9.17, 15) is 13.9 Å². The number of allylic oxidation sites excluding steroid dienone is 6. The van der Waals surface area contributed by atoms with E-state index in [4.69, 9.17) is 4.74 Å². The Morgan fingerprint density at radius 2 is 1.97 bits per heavy atom. The second kappa shape index (κ2) is 12.6. The number of benzene rings is 1. The van der Waals surface area contributed by atoms with Gasteiger partial charge >= 0.3 is 6.01 Å². The summed E-state index contributed by atoms with van der Waals surface area (Å²) in [5.41, 5.74) is 1.17. The molecule has 1 N–H and O–H groups in total. The quantitative estimate of drug-likeness (QED) is 0.267. The molecule has 1 heterocycles. The van der Waals surface area contributed by atoms with E-state index in [2.05, 4.69) is 36.0 Å². The van der Waals surface area contributed by atoms with Gasteiger partial charge in [0.05, 0.1) is 6.10 Å². The Morgan fingerprint density at radius 3 is 2.68 bits per heavy atom. The zero-order valence-corrected chi connectivity index (χ0v) is 20.0. The summed E-state index contributed by atoms with van der Waals surface area (Å²) in [4.78, 5) is 7.88. The Labute approximate surface area is 201 Å². The van der Waals surface area contributed by atoms with Gasteiger partial charge in [-0.25, -0.2) is 18.7 Å². The highest BCUT2D eigenvalue weighted by Gasteiger charge is 2.29. The van der Waals surface area contributed by atoms with Crippen molar-refractivity contribution in [2.75, 3.05) is 6.61 Å². The number of ether oxygens (including phenoxy) is 1. The first-order valence-corrected chi connectivity index (χ1v) is 12.1. The first-order valence-electron chi connectivity index (χ1n) is 12.1. The van der Waals surface area contributed by atoms with Gasteiger partial charge in [0.1, 0.15) is 0 Å². The molecule has 0 amide bonds. The van der Waals surface area contributed by atoms with Gasteiger partial charge in [-0.05, 0) is 50.7 Å². The van der Waals surface area contributed by atoms with E-state index in [-0.39, 0.29) is 17.7 Å². The third-order valence-electron chi connectivity index (χ3n) is 6.21. The molecule has 0 radical (unpaired) electrons. The van der Waals surface area contributed by atoms with E-state index in [0.29, 0.717) is 12.0 Å². The molecule has 4 nitrogen and oxygen atoms in total. The Hall–Kier alpha value is -2.86. The van der Waals surface area contributed by atoms with Gasteiger partial charge in [-0.15, -0.1) is 0 Å². The summed E-state index contributed by atoms with van der Waals surface area (Å²) >= 11 is 0. The average Bonchev–Trinajstić information content (AvgIpc) is 2.84. The van der Waals surface area contributed by atoms with E-state index in [0.717, 1.165) is 43.9 Å². The maximum absolute atomic E-state index is 14.3. The Balaban J connectivity index is 1.67. The van der Waals surface area contributed by atoms with Gasteiger partial charge in [0, 0.05) is 35.5 Å². The number of hydrogen-bond acceptors (Lipinski definition) is 4. The van der Waals surface area contributed by atoms with E-state index in [1.807, 2.05) is 18.2 Å². The summed E-state index contributed by atoms with van der Waals surface area (Å²) in [5.74, 6) is -1.71. The second-order valence-electron chi connectivity index (χ2n) is 8.83. The summed E-state index contributed by atoms with van der Waals surface area (Å²) < 4.78 is 33.9. The van der Waals surface area contributed by atoms with E-state index >= 15 is 0 Å². The fourth-order valence-electron chi connectivity index (χ4n) is 4.11. The lowest BCUT2D eigenvalue weighted by Gasteiger charge is -2.29. The summed E-state index contributed by atoms with van der Waals surface area (Å²) in [7, 11) is 0. The van der Waals surface area contributed by atoms with Gasteiger partial charge in [0.25, 0.3) is 0 Å². The highest BCUT2D eigenvalue weighted by molar-refractivity contribution is 5.76. The molecule has 6 heteroatoms. The fraction of sp³-hybridized carbons (Fsp3) is 0.429. The van der Waals surface area contributed by atoms with Crippen molar-refractivity contribution in [3.8, 4) is 6.01 Å². The number of unbranched alkanes of at least 4 members (excludes halogenated alkanes) is 3. The highest BCUT2D eigenvalue weighted by atomic mass is 19.2. The molecule has 3 rings (SSSR count). The molecule has 1 aliphatic carbocycles. The number of aromatic nitrogens is 2. The number of halogens is 2. The number of nitrogens with zero attached hydrogens (tertiary/aromatic N) is 2. The lowest BCUT2D eigenvalue weighted by atomic mass is 9.74. The van der Waals surface area contributed by atoms with Crippen molar-refractivity contribution >= 4 is 5.57 Å². The predicted octanol–water partition coefficient (Wildman–Crippen LogP) is 7.06. The Bertz CT molecular complexity index is 1020. The first kappa shape index (κ1) is 25.8. The normalized spacial score (nSPS) is 18.9. The third-order valence-corrected chi connectivity index (χ3v) is 6.21. The molecule has 182 valence electrons. The van der Waals surface area contributed by atoms with Crippen LogP contribution in [0.1, 0.15) is 69.9 Å². The minimum absolute atomic E-state index is 0.240. The van der Waals surface area contributed by atoms with Crippen molar-refractivity contribution in [1.82, 2.24) is 9.97 Å². The molecule has 2 unspecified atom stereocenters. The Morgan fingerprint density at radius 1 is 1.18 bits per heavy atom. The third kappa shape index (κ3) is 6.83. The van der Waals surface area contributed by atoms with Gasteiger partial charge in [-0.2, -0.15) is 0 Å². The minimum atomic E-state index is -0.862. The summed E-state index contributed by atoms with van der Waals surface area (Å²) in [6.07, 6.45) is 20.3. The van der Waals surface area contributed by atoms with Crippen LogP contribution in [0.4, 0.5) is 8.78 Å². The lowest BCUT2D eigenvalue weighted by Crippen LogP contribution is -2.22. The van der Waals surface area contributed by atoms with Crippen molar-refractivity contribution in [3.05, 3.63) is 83.7 Å². The zero-order chi connectivity index (χ0) is 24.4. The molecule has 0 saturated carbocycles. The maximum Gasteiger partial charge on any atom is 0.313 e. The van der Waals surface area contributed by atoms with Crippen molar-refractivity contribution in [1.29, 1.82) is 0 Å².